The van der Waals surface area contributed by atoms with Crippen LogP contribution in [-0.4, -0.2) is 56.6 Å². The van der Waals surface area contributed by atoms with Gasteiger partial charge in [0.25, 0.3) is 0 Å². The molecule has 2 aliphatic rings. The molecule has 0 amide bonds. The third-order valence-corrected chi connectivity index (χ3v) is 5.76. The van der Waals surface area contributed by atoms with Gasteiger partial charge >= 0.3 is 0 Å². The van der Waals surface area contributed by atoms with Gasteiger partial charge in [0.05, 0.1) is 5.75 Å². The molecule has 4 nitrogen and oxygen atoms in total. The summed E-state index contributed by atoms with van der Waals surface area (Å²) in [6.45, 7) is 3.15. The van der Waals surface area contributed by atoms with Crippen molar-refractivity contribution in [1.29, 1.82) is 0 Å². The molecule has 0 spiro atoms. The third kappa shape index (κ3) is 2.26. The lowest BCUT2D eigenvalue weighted by Gasteiger charge is -2.24. The maximum Gasteiger partial charge on any atom is 0.213 e. The van der Waals surface area contributed by atoms with Crippen LogP contribution in [0.25, 0.3) is 0 Å². The minimum atomic E-state index is -3.00. The number of rotatable bonds is 4. The number of hydrogen-bond donors (Lipinski definition) is 0. The Labute approximate surface area is 98.7 Å². The predicted molar refractivity (Wildman–Crippen MR) is 64.7 cm³/mol. The van der Waals surface area contributed by atoms with Crippen LogP contribution in [0.2, 0.25) is 0 Å². The molecule has 0 radical (unpaired) electrons. The van der Waals surface area contributed by atoms with E-state index < -0.39 is 10.0 Å². The summed E-state index contributed by atoms with van der Waals surface area (Å²) in [7, 11) is 1.12. The van der Waals surface area contributed by atoms with Gasteiger partial charge in [-0.2, -0.15) is 0 Å². The summed E-state index contributed by atoms with van der Waals surface area (Å²) in [5.41, 5.74) is 0. The van der Waals surface area contributed by atoms with Crippen LogP contribution in [0, 0.1) is 11.8 Å². The van der Waals surface area contributed by atoms with Crippen molar-refractivity contribution in [3.63, 3.8) is 0 Å². The standard InChI is InChI=1S/C11H22N2O2S/c1-4-16(14,15)13-7-10(9-5-6-9)11(8-13)12(2)3/h9-11H,4-8H2,1-3H3/t10-,11+/m1/s1. The summed E-state index contributed by atoms with van der Waals surface area (Å²) in [5, 5.41) is 0. The molecule has 0 aromatic rings. The first-order valence-corrected chi connectivity index (χ1v) is 7.71. The average Bonchev–Trinajstić information content (AvgIpc) is 2.96. The Hall–Kier alpha value is -0.130. The molecule has 1 saturated heterocycles. The van der Waals surface area contributed by atoms with Gasteiger partial charge in [0.1, 0.15) is 0 Å². The van der Waals surface area contributed by atoms with E-state index in [1.807, 2.05) is 0 Å². The van der Waals surface area contributed by atoms with Crippen LogP contribution in [0.3, 0.4) is 0 Å². The van der Waals surface area contributed by atoms with Crippen molar-refractivity contribution in [3.05, 3.63) is 0 Å². The van der Waals surface area contributed by atoms with Crippen LogP contribution in [-0.2, 0) is 10.0 Å². The first kappa shape index (κ1) is 12.3. The number of hydrogen-bond acceptors (Lipinski definition) is 3. The molecule has 1 heterocycles. The minimum Gasteiger partial charge on any atom is -0.305 e. The molecule has 0 aromatic heterocycles. The largest absolute Gasteiger partial charge is 0.305 e. The summed E-state index contributed by atoms with van der Waals surface area (Å²) in [5.74, 6) is 1.55. The third-order valence-electron chi connectivity index (χ3n) is 3.95. The lowest BCUT2D eigenvalue weighted by Crippen LogP contribution is -2.37. The van der Waals surface area contributed by atoms with Gasteiger partial charge < -0.3 is 4.90 Å². The molecule has 16 heavy (non-hydrogen) atoms. The Balaban J connectivity index is 2.11. The van der Waals surface area contributed by atoms with Crippen molar-refractivity contribution in [2.45, 2.75) is 25.8 Å². The van der Waals surface area contributed by atoms with E-state index in [0.29, 0.717) is 18.5 Å². The van der Waals surface area contributed by atoms with E-state index in [2.05, 4.69) is 19.0 Å². The Kier molecular flexibility index (Phi) is 3.29. The fourth-order valence-electron chi connectivity index (χ4n) is 2.72. The maximum absolute atomic E-state index is 11.9. The lowest BCUT2D eigenvalue weighted by molar-refractivity contribution is 0.237. The van der Waals surface area contributed by atoms with Crippen LogP contribution in [0.1, 0.15) is 19.8 Å². The Morgan fingerprint density at radius 3 is 2.31 bits per heavy atom. The SMILES string of the molecule is CCS(=O)(=O)N1C[C@H](C2CC2)[C@@H](N(C)C)C1. The van der Waals surface area contributed by atoms with Gasteiger partial charge in [0.15, 0.2) is 0 Å². The van der Waals surface area contributed by atoms with Gasteiger partial charge in [-0.15, -0.1) is 0 Å². The highest BCUT2D eigenvalue weighted by Crippen LogP contribution is 2.43. The molecule has 94 valence electrons. The van der Waals surface area contributed by atoms with E-state index in [9.17, 15) is 8.42 Å². The number of likely N-dealkylation sites (N-methyl/N-ethyl adjacent to an activating group) is 1. The average molecular weight is 246 g/mol. The summed E-state index contributed by atoms with van der Waals surface area (Å²) >= 11 is 0. The highest BCUT2D eigenvalue weighted by molar-refractivity contribution is 7.89. The molecular weight excluding hydrogens is 224 g/mol. The van der Waals surface area contributed by atoms with Crippen molar-refractivity contribution < 1.29 is 8.42 Å². The highest BCUT2D eigenvalue weighted by Gasteiger charge is 2.45. The van der Waals surface area contributed by atoms with E-state index in [0.717, 1.165) is 12.5 Å². The van der Waals surface area contributed by atoms with E-state index in [1.54, 1.807) is 11.2 Å². The van der Waals surface area contributed by atoms with Gasteiger partial charge in [-0.05, 0) is 45.7 Å². The lowest BCUT2D eigenvalue weighted by atomic mass is 9.97. The van der Waals surface area contributed by atoms with Gasteiger partial charge in [-0.3, -0.25) is 0 Å². The van der Waals surface area contributed by atoms with Gasteiger partial charge in [-0.1, -0.05) is 0 Å². The van der Waals surface area contributed by atoms with E-state index in [1.165, 1.54) is 12.8 Å². The summed E-state index contributed by atoms with van der Waals surface area (Å²) in [6.07, 6.45) is 2.57. The van der Waals surface area contributed by atoms with Gasteiger partial charge in [0, 0.05) is 19.1 Å². The Morgan fingerprint density at radius 1 is 1.25 bits per heavy atom. The van der Waals surface area contributed by atoms with Crippen molar-refractivity contribution >= 4 is 10.0 Å². The normalized spacial score (nSPS) is 32.5. The maximum atomic E-state index is 11.9. The molecule has 2 fully saturated rings. The molecule has 0 unspecified atom stereocenters. The molecule has 0 aromatic carbocycles. The van der Waals surface area contributed by atoms with Crippen molar-refractivity contribution in [3.8, 4) is 0 Å². The summed E-state index contributed by atoms with van der Waals surface area (Å²) in [6, 6.07) is 0.411. The second-order valence-electron chi connectivity index (χ2n) is 5.25. The fraction of sp³-hybridized carbons (Fsp3) is 1.00. The zero-order chi connectivity index (χ0) is 11.9. The first-order chi connectivity index (χ1) is 7.45. The van der Waals surface area contributed by atoms with Crippen LogP contribution in [0.5, 0.6) is 0 Å². The minimum absolute atomic E-state index is 0.227. The van der Waals surface area contributed by atoms with E-state index in [4.69, 9.17) is 0 Å². The number of nitrogens with zero attached hydrogens (tertiary/aromatic N) is 2. The Morgan fingerprint density at radius 2 is 1.88 bits per heavy atom. The second kappa shape index (κ2) is 4.27. The molecule has 1 saturated carbocycles. The summed E-state index contributed by atoms with van der Waals surface area (Å²) in [4.78, 5) is 2.19. The van der Waals surface area contributed by atoms with Crippen LogP contribution in [0.4, 0.5) is 0 Å². The molecule has 5 heteroatoms. The van der Waals surface area contributed by atoms with E-state index in [-0.39, 0.29) is 5.75 Å². The summed E-state index contributed by atoms with van der Waals surface area (Å²) < 4.78 is 25.4. The monoisotopic (exact) mass is 246 g/mol. The van der Waals surface area contributed by atoms with Crippen molar-refractivity contribution in [2.75, 3.05) is 32.9 Å². The van der Waals surface area contributed by atoms with Crippen molar-refractivity contribution in [2.24, 2.45) is 11.8 Å². The predicted octanol–water partition coefficient (Wildman–Crippen LogP) is 0.608. The number of sulfonamides is 1. The molecule has 2 atom stereocenters. The second-order valence-corrected chi connectivity index (χ2v) is 7.51. The highest BCUT2D eigenvalue weighted by atomic mass is 32.2. The van der Waals surface area contributed by atoms with Crippen LogP contribution >= 0.6 is 0 Å². The molecule has 0 bridgehead atoms. The van der Waals surface area contributed by atoms with Gasteiger partial charge in [-0.25, -0.2) is 12.7 Å². The zero-order valence-corrected chi connectivity index (χ0v) is 11.2. The molecule has 0 N–H and O–H groups in total. The molecule has 1 aliphatic carbocycles. The van der Waals surface area contributed by atoms with E-state index >= 15 is 0 Å². The first-order valence-electron chi connectivity index (χ1n) is 6.10. The molecule has 1 aliphatic heterocycles. The zero-order valence-electron chi connectivity index (χ0n) is 10.4. The topological polar surface area (TPSA) is 40.6 Å². The van der Waals surface area contributed by atoms with Gasteiger partial charge in [0.2, 0.25) is 10.0 Å². The Bertz CT molecular complexity index is 339. The molecular formula is C11H22N2O2S. The van der Waals surface area contributed by atoms with Crippen LogP contribution < -0.4 is 0 Å². The van der Waals surface area contributed by atoms with Crippen LogP contribution in [0.15, 0.2) is 0 Å². The smallest absolute Gasteiger partial charge is 0.213 e. The fourth-order valence-corrected chi connectivity index (χ4v) is 3.86. The van der Waals surface area contributed by atoms with Crippen molar-refractivity contribution in [1.82, 2.24) is 9.21 Å². The quantitative estimate of drug-likeness (QED) is 0.730. The molecule has 2 rings (SSSR count).